The molecule has 0 aliphatic heterocycles. The number of unbranched alkanes of at least 4 members (excludes halogenated alkanes) is 15. The molecule has 4 nitrogen and oxygen atoms in total. The van der Waals surface area contributed by atoms with Gasteiger partial charge in [-0.2, -0.15) is 0 Å². The first-order chi connectivity index (χ1) is 15.4. The second kappa shape index (κ2) is 30.3. The molecule has 0 heterocycles. The van der Waals surface area contributed by atoms with Crippen LogP contribution in [-0.4, -0.2) is 58.2 Å². The van der Waals surface area contributed by atoms with Gasteiger partial charge in [0.2, 0.25) is 0 Å². The molecule has 0 fully saturated rings. The summed E-state index contributed by atoms with van der Waals surface area (Å²) in [5.74, 6) is 0. The molecule has 0 spiro atoms. The minimum absolute atomic E-state index is 0.622. The van der Waals surface area contributed by atoms with Gasteiger partial charge in [0, 0.05) is 11.9 Å². The maximum atomic E-state index is 5.63. The third-order valence-electron chi connectivity index (χ3n) is 5.48. The number of alkyl halides is 1. The average Bonchev–Trinajstić information content (AvgIpc) is 2.78. The van der Waals surface area contributed by atoms with Crippen LogP contribution in [-0.2, 0) is 18.9 Å². The second-order valence-corrected chi connectivity index (χ2v) is 9.23. The van der Waals surface area contributed by atoms with Crippen molar-refractivity contribution >= 4 is 15.9 Å². The molecule has 0 aromatic heterocycles. The van der Waals surface area contributed by atoms with Crippen molar-refractivity contribution in [2.75, 3.05) is 58.2 Å². The smallest absolute Gasteiger partial charge is 0.0701 e. The van der Waals surface area contributed by atoms with E-state index in [1.165, 1.54) is 103 Å². The molecule has 0 radical (unpaired) electrons. The van der Waals surface area contributed by atoms with E-state index in [2.05, 4.69) is 22.9 Å². The normalized spacial score (nSPS) is 11.4. The Morgan fingerprint density at radius 1 is 0.355 bits per heavy atom. The predicted octanol–water partition coefficient (Wildman–Crippen LogP) is 7.71. The highest BCUT2D eigenvalue weighted by molar-refractivity contribution is 9.09. The maximum Gasteiger partial charge on any atom is 0.0701 e. The van der Waals surface area contributed by atoms with Crippen LogP contribution in [0.4, 0.5) is 0 Å². The van der Waals surface area contributed by atoms with E-state index in [1.807, 2.05) is 0 Å². The van der Waals surface area contributed by atoms with Crippen molar-refractivity contribution in [2.45, 2.75) is 110 Å². The molecule has 188 valence electrons. The van der Waals surface area contributed by atoms with Crippen LogP contribution in [0.3, 0.4) is 0 Å². The van der Waals surface area contributed by atoms with Crippen LogP contribution in [0.2, 0.25) is 0 Å². The fraction of sp³-hybridized carbons (Fsp3) is 1.00. The molecule has 0 rings (SSSR count). The van der Waals surface area contributed by atoms with Crippen LogP contribution in [0.1, 0.15) is 110 Å². The highest BCUT2D eigenvalue weighted by Crippen LogP contribution is 2.13. The Kier molecular flexibility index (Phi) is 30.6. The Bertz CT molecular complexity index is 277. The van der Waals surface area contributed by atoms with Gasteiger partial charge in [0.25, 0.3) is 0 Å². The molecule has 0 atom stereocenters. The molecule has 0 amide bonds. The van der Waals surface area contributed by atoms with Gasteiger partial charge < -0.3 is 18.9 Å². The molecule has 0 aromatic carbocycles. The van der Waals surface area contributed by atoms with Gasteiger partial charge in [0.15, 0.2) is 0 Å². The average molecular weight is 510 g/mol. The highest BCUT2D eigenvalue weighted by Gasteiger charge is 1.96. The quantitative estimate of drug-likeness (QED) is 0.0800. The molecule has 0 aromatic rings. The van der Waals surface area contributed by atoms with Crippen LogP contribution in [0.25, 0.3) is 0 Å². The van der Waals surface area contributed by atoms with Gasteiger partial charge in [-0.05, 0) is 6.42 Å². The third-order valence-corrected chi connectivity index (χ3v) is 5.80. The molecule has 0 bridgehead atoms. The Morgan fingerprint density at radius 3 is 1.00 bits per heavy atom. The first-order valence-corrected chi connectivity index (χ1v) is 14.4. The van der Waals surface area contributed by atoms with E-state index in [9.17, 15) is 0 Å². The van der Waals surface area contributed by atoms with Gasteiger partial charge in [0.1, 0.15) is 0 Å². The summed E-state index contributed by atoms with van der Waals surface area (Å²) in [5, 5.41) is 0.871. The zero-order valence-corrected chi connectivity index (χ0v) is 22.3. The van der Waals surface area contributed by atoms with Crippen LogP contribution in [0.5, 0.6) is 0 Å². The molecule has 0 N–H and O–H groups in total. The summed E-state index contributed by atoms with van der Waals surface area (Å²) >= 11 is 3.32. The SMILES string of the molecule is CCCCCCCCCCCCCCCCCCOCCOCCOCCOCCBr. The number of halogens is 1. The highest BCUT2D eigenvalue weighted by atomic mass is 79.9. The van der Waals surface area contributed by atoms with Crippen molar-refractivity contribution in [3.63, 3.8) is 0 Å². The Labute approximate surface area is 202 Å². The Morgan fingerprint density at radius 2 is 0.645 bits per heavy atom. The largest absolute Gasteiger partial charge is 0.379 e. The van der Waals surface area contributed by atoms with Crippen LogP contribution in [0.15, 0.2) is 0 Å². The summed E-state index contributed by atoms with van der Waals surface area (Å²) in [4.78, 5) is 0. The first-order valence-electron chi connectivity index (χ1n) is 13.3. The summed E-state index contributed by atoms with van der Waals surface area (Å²) in [7, 11) is 0. The Balaban J connectivity index is 2.98. The van der Waals surface area contributed by atoms with E-state index in [0.29, 0.717) is 39.6 Å². The van der Waals surface area contributed by atoms with Crippen LogP contribution in [0, 0.1) is 0 Å². The summed E-state index contributed by atoms with van der Waals surface area (Å²) < 4.78 is 21.9. The summed E-state index contributed by atoms with van der Waals surface area (Å²) in [6.07, 6.45) is 22.5. The van der Waals surface area contributed by atoms with E-state index in [0.717, 1.165) is 18.5 Å². The van der Waals surface area contributed by atoms with Gasteiger partial charge in [-0.15, -0.1) is 0 Å². The minimum Gasteiger partial charge on any atom is -0.379 e. The lowest BCUT2D eigenvalue weighted by molar-refractivity contribution is -0.000538. The van der Waals surface area contributed by atoms with Gasteiger partial charge in [-0.25, -0.2) is 0 Å². The van der Waals surface area contributed by atoms with E-state index >= 15 is 0 Å². The fourth-order valence-electron chi connectivity index (χ4n) is 3.57. The molecule has 0 saturated heterocycles. The lowest BCUT2D eigenvalue weighted by Gasteiger charge is -2.07. The maximum absolute atomic E-state index is 5.63. The summed E-state index contributed by atoms with van der Waals surface area (Å²) in [6.45, 7) is 7.76. The monoisotopic (exact) mass is 508 g/mol. The number of ether oxygens (including phenoxy) is 4. The lowest BCUT2D eigenvalue weighted by Crippen LogP contribution is -2.12. The number of hydrogen-bond donors (Lipinski definition) is 0. The van der Waals surface area contributed by atoms with Gasteiger partial charge >= 0.3 is 0 Å². The van der Waals surface area contributed by atoms with Crippen molar-refractivity contribution < 1.29 is 18.9 Å². The predicted molar refractivity (Wildman–Crippen MR) is 137 cm³/mol. The standard InChI is InChI=1S/C26H53BrO4/c1-2-3-4-5-6-7-8-9-10-11-12-13-14-15-16-17-19-28-21-23-30-25-26-31-24-22-29-20-18-27/h2-26H2,1H3. The van der Waals surface area contributed by atoms with Gasteiger partial charge in [-0.3, -0.25) is 0 Å². The number of rotatable bonds is 28. The van der Waals surface area contributed by atoms with E-state index < -0.39 is 0 Å². The van der Waals surface area contributed by atoms with Crippen molar-refractivity contribution in [1.29, 1.82) is 0 Å². The fourth-order valence-corrected chi connectivity index (χ4v) is 3.80. The van der Waals surface area contributed by atoms with Crippen molar-refractivity contribution in [3.05, 3.63) is 0 Å². The van der Waals surface area contributed by atoms with Gasteiger partial charge in [0.05, 0.1) is 46.2 Å². The molecule has 0 aliphatic rings. The van der Waals surface area contributed by atoms with Crippen LogP contribution >= 0.6 is 15.9 Å². The molecule has 0 unspecified atom stereocenters. The van der Waals surface area contributed by atoms with Crippen LogP contribution < -0.4 is 0 Å². The minimum atomic E-state index is 0.622. The van der Waals surface area contributed by atoms with E-state index in [4.69, 9.17) is 18.9 Å². The Hall–Kier alpha value is 0.320. The molecular formula is C26H53BrO4. The third kappa shape index (κ3) is 30.3. The van der Waals surface area contributed by atoms with Crippen molar-refractivity contribution in [3.8, 4) is 0 Å². The molecular weight excluding hydrogens is 456 g/mol. The molecule has 0 saturated carbocycles. The first kappa shape index (κ1) is 31.3. The zero-order valence-electron chi connectivity index (χ0n) is 20.7. The summed E-state index contributed by atoms with van der Waals surface area (Å²) in [6, 6.07) is 0. The van der Waals surface area contributed by atoms with Crippen molar-refractivity contribution in [1.82, 2.24) is 0 Å². The van der Waals surface area contributed by atoms with Gasteiger partial charge in [-0.1, -0.05) is 119 Å². The lowest BCUT2D eigenvalue weighted by atomic mass is 10.0. The number of hydrogen-bond acceptors (Lipinski definition) is 4. The van der Waals surface area contributed by atoms with E-state index in [-0.39, 0.29) is 0 Å². The molecule has 0 aliphatic carbocycles. The topological polar surface area (TPSA) is 36.9 Å². The second-order valence-electron chi connectivity index (χ2n) is 8.44. The molecule has 5 heteroatoms. The zero-order chi connectivity index (χ0) is 22.5. The summed E-state index contributed by atoms with van der Waals surface area (Å²) in [5.41, 5.74) is 0. The van der Waals surface area contributed by atoms with E-state index in [1.54, 1.807) is 0 Å². The van der Waals surface area contributed by atoms with Crippen molar-refractivity contribution in [2.24, 2.45) is 0 Å². The molecule has 31 heavy (non-hydrogen) atoms.